The zero-order chi connectivity index (χ0) is 9.68. The molecule has 78 valence electrons. The largest absolute Gasteiger partial charge is 0.220 e. The lowest BCUT2D eigenvalue weighted by Crippen LogP contribution is -2.46. The molecule has 0 aromatic heterocycles. The van der Waals surface area contributed by atoms with E-state index < -0.39 is 0 Å². The molecule has 0 amide bonds. The Labute approximate surface area is 94.1 Å². The lowest BCUT2D eigenvalue weighted by atomic mass is 10.8. The van der Waals surface area contributed by atoms with E-state index in [0.717, 1.165) is 31.5 Å². The van der Waals surface area contributed by atoms with Crippen LogP contribution >= 0.6 is 35.7 Å². The first-order valence-electron chi connectivity index (χ1n) is 4.42. The van der Waals surface area contributed by atoms with Crippen molar-refractivity contribution in [2.45, 2.75) is 13.8 Å². The fourth-order valence-electron chi connectivity index (χ4n) is 1.18. The number of rotatable bonds is 4. The highest BCUT2D eigenvalue weighted by atomic mass is 35.5. The highest BCUT2D eigenvalue weighted by Gasteiger charge is 2.21. The maximum Gasteiger partial charge on any atom is 0.0780 e. The first-order valence-corrected chi connectivity index (χ1v) is 6.65. The first-order chi connectivity index (χ1) is 6.26. The highest BCUT2D eigenvalue weighted by Crippen LogP contribution is 2.22. The molecule has 1 aliphatic heterocycles. The standard InChI is InChI=1S/C7H16ClN3S2/c1-3-12-10-5-9(8)6-11(7-10)13-4-2/h3-7H2,1-2H3. The Morgan fingerprint density at radius 1 is 1.00 bits per heavy atom. The minimum Gasteiger partial charge on any atom is -0.220 e. The summed E-state index contributed by atoms with van der Waals surface area (Å²) in [6.45, 7) is 7.02. The van der Waals surface area contributed by atoms with Crippen molar-refractivity contribution in [1.29, 1.82) is 0 Å². The van der Waals surface area contributed by atoms with E-state index in [1.165, 1.54) is 0 Å². The van der Waals surface area contributed by atoms with Gasteiger partial charge in [-0.25, -0.2) is 8.61 Å². The fourth-order valence-corrected chi connectivity index (χ4v) is 3.25. The van der Waals surface area contributed by atoms with Crippen molar-refractivity contribution < 1.29 is 0 Å². The molecule has 0 bridgehead atoms. The minimum absolute atomic E-state index is 0.848. The quantitative estimate of drug-likeness (QED) is 0.550. The summed E-state index contributed by atoms with van der Waals surface area (Å²) >= 11 is 9.68. The molecule has 1 aliphatic rings. The monoisotopic (exact) mass is 241 g/mol. The van der Waals surface area contributed by atoms with Crippen molar-refractivity contribution in [2.24, 2.45) is 0 Å². The molecule has 0 aliphatic carbocycles. The normalized spacial score (nSPS) is 22.4. The van der Waals surface area contributed by atoms with Crippen molar-refractivity contribution in [1.82, 2.24) is 13.0 Å². The zero-order valence-corrected chi connectivity index (χ0v) is 10.5. The molecule has 0 spiro atoms. The van der Waals surface area contributed by atoms with Gasteiger partial charge in [0.05, 0.1) is 20.0 Å². The number of hydrogen-bond acceptors (Lipinski definition) is 5. The Balaban J connectivity index is 2.33. The Hall–Kier alpha value is 0.870. The number of nitrogens with zero attached hydrogens (tertiary/aromatic N) is 3. The summed E-state index contributed by atoms with van der Waals surface area (Å²) in [6, 6.07) is 0. The summed E-state index contributed by atoms with van der Waals surface area (Å²) in [7, 11) is 0. The van der Waals surface area contributed by atoms with Gasteiger partial charge in [-0.05, 0) is 11.8 Å². The molecule has 0 saturated carbocycles. The van der Waals surface area contributed by atoms with Crippen molar-refractivity contribution in [3.8, 4) is 0 Å². The Morgan fingerprint density at radius 3 is 1.85 bits per heavy atom. The van der Waals surface area contributed by atoms with E-state index in [2.05, 4.69) is 22.5 Å². The first kappa shape index (κ1) is 11.9. The summed E-state index contributed by atoms with van der Waals surface area (Å²) in [5, 5.41) is 0. The third kappa shape index (κ3) is 4.27. The Kier molecular flexibility index (Phi) is 5.85. The Bertz CT molecular complexity index is 136. The molecule has 1 saturated heterocycles. The second-order valence-electron chi connectivity index (χ2n) is 2.69. The topological polar surface area (TPSA) is 9.72 Å². The van der Waals surface area contributed by atoms with E-state index in [-0.39, 0.29) is 0 Å². The maximum atomic E-state index is 6.00. The van der Waals surface area contributed by atoms with Gasteiger partial charge < -0.3 is 0 Å². The van der Waals surface area contributed by atoms with E-state index >= 15 is 0 Å². The average Bonchev–Trinajstić information content (AvgIpc) is 2.04. The summed E-state index contributed by atoms with van der Waals surface area (Å²) in [5.74, 6) is 2.21. The van der Waals surface area contributed by atoms with Crippen molar-refractivity contribution in [3.63, 3.8) is 0 Å². The van der Waals surface area contributed by atoms with Crippen LogP contribution in [0.4, 0.5) is 0 Å². The van der Waals surface area contributed by atoms with Crippen LogP contribution in [0.1, 0.15) is 13.8 Å². The summed E-state index contributed by atoms with van der Waals surface area (Å²) in [6.07, 6.45) is 0. The third-order valence-electron chi connectivity index (χ3n) is 1.56. The molecule has 0 N–H and O–H groups in total. The molecular formula is C7H16ClN3S2. The molecule has 0 atom stereocenters. The van der Waals surface area contributed by atoms with Crippen LogP contribution in [0, 0.1) is 0 Å². The fraction of sp³-hybridized carbons (Fsp3) is 1.00. The van der Waals surface area contributed by atoms with Crippen LogP contribution in [-0.4, -0.2) is 44.5 Å². The smallest absolute Gasteiger partial charge is 0.0780 e. The molecule has 0 radical (unpaired) electrons. The third-order valence-corrected chi connectivity index (χ3v) is 3.48. The predicted octanol–water partition coefficient (Wildman–Crippen LogP) is 2.27. The van der Waals surface area contributed by atoms with Crippen LogP contribution < -0.4 is 0 Å². The molecule has 1 fully saturated rings. The van der Waals surface area contributed by atoms with Gasteiger partial charge in [0, 0.05) is 11.5 Å². The predicted molar refractivity (Wildman–Crippen MR) is 62.2 cm³/mol. The van der Waals surface area contributed by atoms with Gasteiger partial charge in [-0.15, -0.1) is 0 Å². The van der Waals surface area contributed by atoms with Crippen molar-refractivity contribution in [3.05, 3.63) is 0 Å². The van der Waals surface area contributed by atoms with Gasteiger partial charge in [0.1, 0.15) is 0 Å². The zero-order valence-electron chi connectivity index (χ0n) is 8.07. The van der Waals surface area contributed by atoms with E-state index in [1.807, 2.05) is 28.3 Å². The van der Waals surface area contributed by atoms with Gasteiger partial charge in [-0.3, -0.25) is 0 Å². The van der Waals surface area contributed by atoms with Crippen LogP contribution in [-0.2, 0) is 0 Å². The number of hydrogen-bond donors (Lipinski definition) is 0. The van der Waals surface area contributed by atoms with E-state index in [9.17, 15) is 0 Å². The van der Waals surface area contributed by atoms with Gasteiger partial charge in [0.25, 0.3) is 0 Å². The lowest BCUT2D eigenvalue weighted by Gasteiger charge is -2.37. The maximum absolute atomic E-state index is 6.00. The molecule has 13 heavy (non-hydrogen) atoms. The molecule has 0 unspecified atom stereocenters. The van der Waals surface area contributed by atoms with Crippen LogP contribution in [0.5, 0.6) is 0 Å². The van der Waals surface area contributed by atoms with Crippen LogP contribution in [0.3, 0.4) is 0 Å². The molecule has 3 nitrogen and oxygen atoms in total. The van der Waals surface area contributed by atoms with Gasteiger partial charge in [-0.2, -0.15) is 4.42 Å². The summed E-state index contributed by atoms with van der Waals surface area (Å²) in [5.41, 5.74) is 0. The molecular weight excluding hydrogens is 226 g/mol. The van der Waals surface area contributed by atoms with E-state index in [4.69, 9.17) is 11.8 Å². The minimum atomic E-state index is 0.848. The summed E-state index contributed by atoms with van der Waals surface area (Å²) in [4.78, 5) is 0. The highest BCUT2D eigenvalue weighted by molar-refractivity contribution is 7.97. The van der Waals surface area contributed by atoms with E-state index in [1.54, 1.807) is 0 Å². The Morgan fingerprint density at radius 2 is 1.46 bits per heavy atom. The lowest BCUT2D eigenvalue weighted by molar-refractivity contribution is 0.150. The molecule has 0 aromatic carbocycles. The number of halogens is 1. The molecule has 1 heterocycles. The van der Waals surface area contributed by atoms with Crippen LogP contribution in [0.25, 0.3) is 0 Å². The van der Waals surface area contributed by atoms with Crippen LogP contribution in [0.15, 0.2) is 0 Å². The SMILES string of the molecule is CCSN1CN(Cl)CN(SCC)C1. The van der Waals surface area contributed by atoms with E-state index in [0.29, 0.717) is 0 Å². The molecule has 6 heteroatoms. The van der Waals surface area contributed by atoms with Gasteiger partial charge in [-0.1, -0.05) is 37.7 Å². The van der Waals surface area contributed by atoms with Gasteiger partial charge >= 0.3 is 0 Å². The van der Waals surface area contributed by atoms with Gasteiger partial charge in [0.2, 0.25) is 0 Å². The van der Waals surface area contributed by atoms with Crippen LogP contribution in [0.2, 0.25) is 0 Å². The van der Waals surface area contributed by atoms with Gasteiger partial charge in [0.15, 0.2) is 0 Å². The summed E-state index contributed by atoms with van der Waals surface area (Å²) < 4.78 is 6.37. The average molecular weight is 242 g/mol. The second kappa shape index (κ2) is 6.37. The van der Waals surface area contributed by atoms with Crippen molar-refractivity contribution >= 4 is 35.7 Å². The van der Waals surface area contributed by atoms with Crippen molar-refractivity contribution in [2.75, 3.05) is 31.5 Å². The molecule has 1 rings (SSSR count). The second-order valence-corrected chi connectivity index (χ2v) is 5.87. The molecule has 0 aromatic rings.